The fraction of sp³-hybridized carbons (Fsp3) is 0.423. The fourth-order valence-corrected chi connectivity index (χ4v) is 3.58. The van der Waals surface area contributed by atoms with E-state index in [1.54, 1.807) is 22.1 Å². The molecule has 0 saturated carbocycles. The molecular weight excluding hydrogens is 442 g/mol. The van der Waals surface area contributed by atoms with Crippen molar-refractivity contribution in [3.05, 3.63) is 71.6 Å². The number of ether oxygens (including phenoxy) is 1. The number of rotatable bonds is 6. The van der Waals surface area contributed by atoms with Gasteiger partial charge in [0.15, 0.2) is 0 Å². The summed E-state index contributed by atoms with van der Waals surface area (Å²) in [6.45, 7) is 17.1. The highest BCUT2D eigenvalue weighted by atomic mass is 16.5. The van der Waals surface area contributed by atoms with Gasteiger partial charge in [0.2, 0.25) is 5.95 Å². The predicted molar refractivity (Wildman–Crippen MR) is 141 cm³/mol. The van der Waals surface area contributed by atoms with Gasteiger partial charge in [-0.05, 0) is 40.9 Å². The SMILES string of the molecule is C=C1/C=C(\C(=C)N(C)CCN(C)C)OC/C=C/CN2C(=O)N(C(C)=C(C)C)Cc3cnc(nc32)N1. The molecule has 0 spiro atoms. The Hall–Kier alpha value is -3.59. The van der Waals surface area contributed by atoms with Crippen LogP contribution in [-0.4, -0.2) is 78.1 Å². The average Bonchev–Trinajstić information content (AvgIpc) is 2.82. The monoisotopic (exact) mass is 479 g/mol. The van der Waals surface area contributed by atoms with Gasteiger partial charge in [-0.1, -0.05) is 24.8 Å². The van der Waals surface area contributed by atoms with E-state index in [4.69, 9.17) is 4.74 Å². The smallest absolute Gasteiger partial charge is 0.330 e. The number of likely N-dealkylation sites (N-methyl/N-ethyl adjacent to an activating group) is 2. The van der Waals surface area contributed by atoms with E-state index < -0.39 is 0 Å². The topological polar surface area (TPSA) is 77.1 Å². The van der Waals surface area contributed by atoms with Gasteiger partial charge in [0, 0.05) is 55.9 Å². The van der Waals surface area contributed by atoms with Crippen molar-refractivity contribution in [2.45, 2.75) is 27.3 Å². The first kappa shape index (κ1) is 26.0. The lowest BCUT2D eigenvalue weighted by atomic mass is 10.1. The normalized spacial score (nSPS) is 18.3. The minimum Gasteiger partial charge on any atom is -0.487 e. The molecule has 0 atom stereocenters. The van der Waals surface area contributed by atoms with Crippen LogP contribution in [0.25, 0.3) is 0 Å². The van der Waals surface area contributed by atoms with Crippen molar-refractivity contribution in [1.29, 1.82) is 0 Å². The lowest BCUT2D eigenvalue weighted by molar-refractivity contribution is 0.212. The number of hydrogen-bond donors (Lipinski definition) is 1. The summed E-state index contributed by atoms with van der Waals surface area (Å²) < 4.78 is 6.06. The van der Waals surface area contributed by atoms with Crippen LogP contribution >= 0.6 is 0 Å². The molecule has 35 heavy (non-hydrogen) atoms. The summed E-state index contributed by atoms with van der Waals surface area (Å²) in [6, 6.07) is -0.116. The van der Waals surface area contributed by atoms with Crippen molar-refractivity contribution >= 4 is 17.8 Å². The molecule has 2 amide bonds. The molecule has 0 radical (unpaired) electrons. The number of carbonyl (C=O) groups is 1. The molecule has 188 valence electrons. The Labute approximate surface area is 208 Å². The van der Waals surface area contributed by atoms with Crippen LogP contribution in [-0.2, 0) is 11.3 Å². The average molecular weight is 480 g/mol. The van der Waals surface area contributed by atoms with Gasteiger partial charge in [-0.3, -0.25) is 9.80 Å². The molecule has 2 aliphatic heterocycles. The summed E-state index contributed by atoms with van der Waals surface area (Å²) in [5.74, 6) is 1.57. The third-order valence-electron chi connectivity index (χ3n) is 6.01. The number of hydrogen-bond acceptors (Lipinski definition) is 7. The molecule has 2 aliphatic rings. The van der Waals surface area contributed by atoms with E-state index in [0.29, 0.717) is 42.9 Å². The minimum absolute atomic E-state index is 0.116. The summed E-state index contributed by atoms with van der Waals surface area (Å²) >= 11 is 0. The zero-order valence-electron chi connectivity index (χ0n) is 21.8. The van der Waals surface area contributed by atoms with Gasteiger partial charge in [0.05, 0.1) is 12.2 Å². The van der Waals surface area contributed by atoms with Crippen LogP contribution in [0.3, 0.4) is 0 Å². The number of nitrogens with one attached hydrogen (secondary N) is 1. The second-order valence-electron chi connectivity index (χ2n) is 9.22. The maximum Gasteiger partial charge on any atom is 0.330 e. The Morgan fingerprint density at radius 3 is 2.63 bits per heavy atom. The molecule has 0 aromatic carbocycles. The van der Waals surface area contributed by atoms with E-state index in [9.17, 15) is 4.79 Å². The fourth-order valence-electron chi connectivity index (χ4n) is 3.58. The molecule has 0 saturated heterocycles. The van der Waals surface area contributed by atoms with Gasteiger partial charge in [-0.25, -0.2) is 9.78 Å². The third-order valence-corrected chi connectivity index (χ3v) is 6.01. The van der Waals surface area contributed by atoms with Gasteiger partial charge in [-0.15, -0.1) is 0 Å². The largest absolute Gasteiger partial charge is 0.487 e. The Bertz CT molecular complexity index is 1080. The number of carbonyl (C=O) groups excluding carboxylic acids is 1. The van der Waals surface area contributed by atoms with E-state index in [1.165, 1.54) is 0 Å². The quantitative estimate of drug-likeness (QED) is 0.620. The summed E-state index contributed by atoms with van der Waals surface area (Å²) in [4.78, 5) is 30.1. The molecule has 9 nitrogen and oxygen atoms in total. The van der Waals surface area contributed by atoms with E-state index in [2.05, 4.69) is 33.3 Å². The Morgan fingerprint density at radius 2 is 1.94 bits per heavy atom. The van der Waals surface area contributed by atoms with Crippen LogP contribution in [0.1, 0.15) is 26.3 Å². The highest BCUT2D eigenvalue weighted by molar-refractivity contribution is 5.95. The number of allylic oxidation sites excluding steroid dienone is 3. The Kier molecular flexibility index (Phi) is 8.34. The standard InChI is InChI=1S/C26H37N7O2/c1-18(2)20(4)33-17-22-16-27-25-28-19(3)15-23(21(5)31(8)13-12-30(6)7)35-14-10-9-11-32(26(33)34)24(22)29-25/h9-10,15-16H,3,5,11-14,17H2,1-2,4,6-8H3,(H,27,28,29)/b10-9+,23-15+. The van der Waals surface area contributed by atoms with E-state index >= 15 is 0 Å². The molecule has 0 aliphatic carbocycles. The highest BCUT2D eigenvalue weighted by Crippen LogP contribution is 2.30. The number of fused-ring (bicyclic) bond motifs is 1. The molecular formula is C26H37N7O2. The van der Waals surface area contributed by atoms with Crippen molar-refractivity contribution in [2.75, 3.05) is 57.6 Å². The number of anilines is 2. The van der Waals surface area contributed by atoms with E-state index in [1.807, 2.05) is 59.0 Å². The van der Waals surface area contributed by atoms with Crippen LogP contribution in [0.5, 0.6) is 0 Å². The summed E-state index contributed by atoms with van der Waals surface area (Å²) in [5.41, 5.74) is 4.20. The third kappa shape index (κ3) is 6.30. The molecule has 1 aromatic heterocycles. The summed E-state index contributed by atoms with van der Waals surface area (Å²) in [6.07, 6.45) is 7.38. The molecule has 1 aromatic rings. The molecule has 3 heterocycles. The summed E-state index contributed by atoms with van der Waals surface area (Å²) in [7, 11) is 6.05. The lowest BCUT2D eigenvalue weighted by Crippen LogP contribution is -2.47. The zero-order valence-corrected chi connectivity index (χ0v) is 21.8. The van der Waals surface area contributed by atoms with E-state index in [-0.39, 0.29) is 6.03 Å². The second-order valence-corrected chi connectivity index (χ2v) is 9.22. The van der Waals surface area contributed by atoms with Crippen molar-refractivity contribution in [3.63, 3.8) is 0 Å². The van der Waals surface area contributed by atoms with E-state index in [0.717, 1.165) is 35.6 Å². The maximum absolute atomic E-state index is 13.4. The first-order chi connectivity index (χ1) is 16.6. The Morgan fingerprint density at radius 1 is 1.20 bits per heavy atom. The molecule has 1 N–H and O–H groups in total. The van der Waals surface area contributed by atoms with Crippen molar-refractivity contribution in [1.82, 2.24) is 24.7 Å². The van der Waals surface area contributed by atoms with Crippen LogP contribution in [0.4, 0.5) is 16.6 Å². The number of urea groups is 1. The first-order valence-corrected chi connectivity index (χ1v) is 11.7. The molecule has 3 rings (SSSR count). The Balaban J connectivity index is 1.91. The van der Waals surface area contributed by atoms with Crippen LogP contribution in [0.15, 0.2) is 66.0 Å². The molecule has 0 fully saturated rings. The zero-order chi connectivity index (χ0) is 25.7. The van der Waals surface area contributed by atoms with Gasteiger partial charge in [0.25, 0.3) is 0 Å². The van der Waals surface area contributed by atoms with Gasteiger partial charge < -0.3 is 19.9 Å². The van der Waals surface area contributed by atoms with Gasteiger partial charge in [0.1, 0.15) is 18.2 Å². The van der Waals surface area contributed by atoms with Crippen LogP contribution in [0.2, 0.25) is 0 Å². The number of amides is 2. The van der Waals surface area contributed by atoms with Crippen molar-refractivity contribution in [2.24, 2.45) is 0 Å². The van der Waals surface area contributed by atoms with Gasteiger partial charge >= 0.3 is 6.03 Å². The maximum atomic E-state index is 13.4. The second kappa shape index (κ2) is 11.2. The highest BCUT2D eigenvalue weighted by Gasteiger charge is 2.32. The molecule has 2 bridgehead atoms. The first-order valence-electron chi connectivity index (χ1n) is 11.7. The number of aromatic nitrogens is 2. The summed E-state index contributed by atoms with van der Waals surface area (Å²) in [5, 5.41) is 3.13. The minimum atomic E-state index is -0.116. The van der Waals surface area contributed by atoms with Gasteiger partial charge in [-0.2, -0.15) is 4.98 Å². The van der Waals surface area contributed by atoms with Crippen LogP contribution < -0.4 is 10.2 Å². The van der Waals surface area contributed by atoms with Crippen molar-refractivity contribution in [3.8, 4) is 0 Å². The predicted octanol–water partition coefficient (Wildman–Crippen LogP) is 3.94. The number of nitrogens with zero attached hydrogens (tertiary/aromatic N) is 6. The van der Waals surface area contributed by atoms with Crippen LogP contribution in [0, 0.1) is 0 Å². The van der Waals surface area contributed by atoms with Crippen molar-refractivity contribution < 1.29 is 9.53 Å². The molecule has 0 unspecified atom stereocenters. The lowest BCUT2D eigenvalue weighted by Gasteiger charge is -2.36. The molecule has 9 heteroatoms.